The maximum atomic E-state index is 12.0. The standard InChI is InChI=1S/C12H13N5O/c13-17-16-7-2-6-15-12(18)10-3-1-4-11-9(10)5-8-14-11/h1,3-5,8,14H,2,6-7H2,(H,15,18). The predicted molar refractivity (Wildman–Crippen MR) is 69.3 cm³/mol. The Morgan fingerprint density at radius 2 is 2.33 bits per heavy atom. The van der Waals surface area contributed by atoms with Gasteiger partial charge in [-0.2, -0.15) is 0 Å². The molecule has 0 bridgehead atoms. The minimum absolute atomic E-state index is 0.110. The largest absolute Gasteiger partial charge is 0.361 e. The molecule has 2 N–H and O–H groups in total. The highest BCUT2D eigenvalue weighted by atomic mass is 16.1. The number of aromatic amines is 1. The molecule has 1 aromatic carbocycles. The van der Waals surface area contributed by atoms with Crippen LogP contribution >= 0.6 is 0 Å². The third kappa shape index (κ3) is 2.61. The van der Waals surface area contributed by atoms with Crippen molar-refractivity contribution in [1.82, 2.24) is 10.3 Å². The summed E-state index contributed by atoms with van der Waals surface area (Å²) in [6, 6.07) is 7.44. The summed E-state index contributed by atoms with van der Waals surface area (Å²) in [5.41, 5.74) is 9.71. The number of nitrogens with zero attached hydrogens (tertiary/aromatic N) is 3. The molecule has 92 valence electrons. The number of benzene rings is 1. The first-order chi connectivity index (χ1) is 8.83. The lowest BCUT2D eigenvalue weighted by Crippen LogP contribution is -2.24. The van der Waals surface area contributed by atoms with E-state index in [1.54, 1.807) is 6.07 Å². The van der Waals surface area contributed by atoms with E-state index in [1.165, 1.54) is 0 Å². The summed E-state index contributed by atoms with van der Waals surface area (Å²) in [6.07, 6.45) is 2.45. The van der Waals surface area contributed by atoms with E-state index in [1.807, 2.05) is 24.4 Å². The number of nitrogens with one attached hydrogen (secondary N) is 2. The van der Waals surface area contributed by atoms with Crippen molar-refractivity contribution >= 4 is 16.8 Å². The Balaban J connectivity index is 2.00. The van der Waals surface area contributed by atoms with Gasteiger partial charge in [-0.05, 0) is 30.2 Å². The fraction of sp³-hybridized carbons (Fsp3) is 0.250. The summed E-state index contributed by atoms with van der Waals surface area (Å²) in [5.74, 6) is -0.110. The molecule has 2 aromatic rings. The molecule has 0 aliphatic carbocycles. The van der Waals surface area contributed by atoms with Gasteiger partial charge in [0.15, 0.2) is 0 Å². The molecule has 2 rings (SSSR count). The monoisotopic (exact) mass is 243 g/mol. The number of fused-ring (bicyclic) bond motifs is 1. The highest BCUT2D eigenvalue weighted by Crippen LogP contribution is 2.16. The van der Waals surface area contributed by atoms with Gasteiger partial charge in [-0.3, -0.25) is 4.79 Å². The Bertz CT molecular complexity index is 597. The topological polar surface area (TPSA) is 93.7 Å². The Hall–Kier alpha value is -2.46. The maximum Gasteiger partial charge on any atom is 0.251 e. The summed E-state index contributed by atoms with van der Waals surface area (Å²) in [4.78, 5) is 17.7. The second kappa shape index (κ2) is 5.75. The predicted octanol–water partition coefficient (Wildman–Crippen LogP) is 2.60. The molecule has 1 aromatic heterocycles. The number of rotatable bonds is 5. The van der Waals surface area contributed by atoms with Crippen molar-refractivity contribution in [2.24, 2.45) is 5.11 Å². The zero-order chi connectivity index (χ0) is 12.8. The van der Waals surface area contributed by atoms with E-state index in [4.69, 9.17) is 5.53 Å². The van der Waals surface area contributed by atoms with Crippen LogP contribution in [-0.2, 0) is 0 Å². The van der Waals surface area contributed by atoms with Crippen LogP contribution in [0, 0.1) is 0 Å². The molecule has 1 heterocycles. The molecule has 0 spiro atoms. The van der Waals surface area contributed by atoms with E-state index in [-0.39, 0.29) is 5.91 Å². The number of carbonyl (C=O) groups is 1. The van der Waals surface area contributed by atoms with Crippen molar-refractivity contribution in [3.05, 3.63) is 46.5 Å². The minimum atomic E-state index is -0.110. The second-order valence-corrected chi connectivity index (χ2v) is 3.81. The zero-order valence-corrected chi connectivity index (χ0v) is 9.76. The Morgan fingerprint density at radius 3 is 3.17 bits per heavy atom. The number of hydrogen-bond donors (Lipinski definition) is 2. The second-order valence-electron chi connectivity index (χ2n) is 3.81. The van der Waals surface area contributed by atoms with Crippen LogP contribution in [-0.4, -0.2) is 24.0 Å². The van der Waals surface area contributed by atoms with Gasteiger partial charge in [-0.25, -0.2) is 0 Å². The third-order valence-corrected chi connectivity index (χ3v) is 2.62. The highest BCUT2D eigenvalue weighted by Gasteiger charge is 2.09. The van der Waals surface area contributed by atoms with E-state index < -0.39 is 0 Å². The van der Waals surface area contributed by atoms with Gasteiger partial charge < -0.3 is 10.3 Å². The van der Waals surface area contributed by atoms with Crippen LogP contribution in [0.4, 0.5) is 0 Å². The summed E-state index contributed by atoms with van der Waals surface area (Å²) >= 11 is 0. The highest BCUT2D eigenvalue weighted by molar-refractivity contribution is 6.06. The molecular formula is C12H13N5O. The fourth-order valence-electron chi connectivity index (χ4n) is 1.78. The van der Waals surface area contributed by atoms with Crippen molar-refractivity contribution in [3.8, 4) is 0 Å². The average Bonchev–Trinajstić information content (AvgIpc) is 2.86. The quantitative estimate of drug-likeness (QED) is 0.359. The van der Waals surface area contributed by atoms with Crippen LogP contribution in [0.15, 0.2) is 35.6 Å². The number of amides is 1. The molecule has 0 saturated heterocycles. The van der Waals surface area contributed by atoms with Gasteiger partial charge in [0.05, 0.1) is 0 Å². The van der Waals surface area contributed by atoms with Gasteiger partial charge in [0.25, 0.3) is 5.91 Å². The number of H-pyrrole nitrogens is 1. The van der Waals surface area contributed by atoms with Gasteiger partial charge in [0, 0.05) is 40.7 Å². The summed E-state index contributed by atoms with van der Waals surface area (Å²) in [6.45, 7) is 0.893. The van der Waals surface area contributed by atoms with Crippen molar-refractivity contribution in [1.29, 1.82) is 0 Å². The Labute approximate surface area is 104 Å². The number of carbonyl (C=O) groups excluding carboxylic acids is 1. The number of hydrogen-bond acceptors (Lipinski definition) is 2. The first-order valence-electron chi connectivity index (χ1n) is 5.68. The van der Waals surface area contributed by atoms with Crippen molar-refractivity contribution in [3.63, 3.8) is 0 Å². The van der Waals surface area contributed by atoms with Crippen LogP contribution in [0.3, 0.4) is 0 Å². The van der Waals surface area contributed by atoms with Gasteiger partial charge >= 0.3 is 0 Å². The van der Waals surface area contributed by atoms with E-state index in [2.05, 4.69) is 20.3 Å². The smallest absolute Gasteiger partial charge is 0.251 e. The SMILES string of the molecule is [N-]=[N+]=NCCCNC(=O)c1cccc2[nH]ccc12. The number of azide groups is 1. The lowest BCUT2D eigenvalue weighted by atomic mass is 10.1. The lowest BCUT2D eigenvalue weighted by molar-refractivity contribution is 0.0955. The third-order valence-electron chi connectivity index (χ3n) is 2.62. The summed E-state index contributed by atoms with van der Waals surface area (Å²) in [5, 5.41) is 7.12. The minimum Gasteiger partial charge on any atom is -0.361 e. The summed E-state index contributed by atoms with van der Waals surface area (Å²) in [7, 11) is 0. The molecule has 0 atom stereocenters. The van der Waals surface area contributed by atoms with E-state index in [9.17, 15) is 4.79 Å². The molecule has 6 heteroatoms. The van der Waals surface area contributed by atoms with Crippen LogP contribution in [0.1, 0.15) is 16.8 Å². The molecular weight excluding hydrogens is 230 g/mol. The normalized spacial score (nSPS) is 10.0. The van der Waals surface area contributed by atoms with Gasteiger partial charge in [-0.1, -0.05) is 11.2 Å². The molecule has 0 fully saturated rings. The van der Waals surface area contributed by atoms with Crippen molar-refractivity contribution in [2.45, 2.75) is 6.42 Å². The zero-order valence-electron chi connectivity index (χ0n) is 9.76. The molecule has 1 amide bonds. The lowest BCUT2D eigenvalue weighted by Gasteiger charge is -2.05. The maximum absolute atomic E-state index is 12.0. The molecule has 0 saturated carbocycles. The fourth-order valence-corrected chi connectivity index (χ4v) is 1.78. The van der Waals surface area contributed by atoms with Crippen molar-refractivity contribution in [2.75, 3.05) is 13.1 Å². The molecule has 6 nitrogen and oxygen atoms in total. The van der Waals surface area contributed by atoms with Crippen LogP contribution in [0.25, 0.3) is 21.3 Å². The van der Waals surface area contributed by atoms with Crippen LogP contribution in [0.5, 0.6) is 0 Å². The Kier molecular flexibility index (Phi) is 3.83. The molecule has 0 radical (unpaired) electrons. The first kappa shape index (κ1) is 12.0. The van der Waals surface area contributed by atoms with Crippen molar-refractivity contribution < 1.29 is 4.79 Å². The van der Waals surface area contributed by atoms with E-state index in [0.717, 1.165) is 10.9 Å². The van der Waals surface area contributed by atoms with E-state index in [0.29, 0.717) is 25.1 Å². The first-order valence-corrected chi connectivity index (χ1v) is 5.68. The van der Waals surface area contributed by atoms with Crippen LogP contribution < -0.4 is 5.32 Å². The molecule has 0 aliphatic heterocycles. The van der Waals surface area contributed by atoms with Gasteiger partial charge in [-0.15, -0.1) is 0 Å². The Morgan fingerprint density at radius 1 is 1.44 bits per heavy atom. The molecule has 18 heavy (non-hydrogen) atoms. The average molecular weight is 243 g/mol. The van der Waals surface area contributed by atoms with Gasteiger partial charge in [0.2, 0.25) is 0 Å². The molecule has 0 aliphatic rings. The molecule has 0 unspecified atom stereocenters. The van der Waals surface area contributed by atoms with Crippen LogP contribution in [0.2, 0.25) is 0 Å². The summed E-state index contributed by atoms with van der Waals surface area (Å²) < 4.78 is 0. The van der Waals surface area contributed by atoms with Gasteiger partial charge in [0.1, 0.15) is 0 Å². The van der Waals surface area contributed by atoms with E-state index >= 15 is 0 Å². The number of aromatic nitrogens is 1.